The van der Waals surface area contributed by atoms with Crippen LogP contribution in [-0.2, 0) is 4.74 Å². The van der Waals surface area contributed by atoms with Crippen molar-refractivity contribution in [3.63, 3.8) is 0 Å². The normalized spacial score (nSPS) is 10.0. The standard InChI is InChI=1S/C10H6BrF2NO2/c1-16-10(15)7-5(4-14)2-3-6(11)8(7)9(12)13/h2-3,9H,1H3. The van der Waals surface area contributed by atoms with Gasteiger partial charge >= 0.3 is 5.97 Å². The molecule has 0 aliphatic carbocycles. The first-order chi connectivity index (χ1) is 7.52. The summed E-state index contributed by atoms with van der Waals surface area (Å²) >= 11 is 2.91. The minimum Gasteiger partial charge on any atom is -0.465 e. The average Bonchev–Trinajstić information content (AvgIpc) is 2.27. The quantitative estimate of drug-likeness (QED) is 0.786. The molecular formula is C10H6BrF2NO2. The number of benzene rings is 1. The molecule has 0 bridgehead atoms. The highest BCUT2D eigenvalue weighted by molar-refractivity contribution is 9.10. The van der Waals surface area contributed by atoms with Gasteiger partial charge in [-0.3, -0.25) is 0 Å². The fourth-order valence-electron chi connectivity index (χ4n) is 1.22. The predicted molar refractivity (Wildman–Crippen MR) is 55.2 cm³/mol. The van der Waals surface area contributed by atoms with Gasteiger partial charge in [-0.25, -0.2) is 13.6 Å². The van der Waals surface area contributed by atoms with Crippen molar-refractivity contribution in [2.24, 2.45) is 0 Å². The summed E-state index contributed by atoms with van der Waals surface area (Å²) in [6.07, 6.45) is -2.86. The summed E-state index contributed by atoms with van der Waals surface area (Å²) in [5.41, 5.74) is -1.05. The Balaban J connectivity index is 3.57. The number of nitrogens with zero attached hydrogens (tertiary/aromatic N) is 1. The van der Waals surface area contributed by atoms with Gasteiger partial charge < -0.3 is 4.74 Å². The van der Waals surface area contributed by atoms with Crippen molar-refractivity contribution in [3.05, 3.63) is 33.3 Å². The zero-order valence-corrected chi connectivity index (χ0v) is 9.72. The molecule has 1 aromatic rings. The van der Waals surface area contributed by atoms with E-state index in [9.17, 15) is 13.6 Å². The van der Waals surface area contributed by atoms with Gasteiger partial charge in [0.2, 0.25) is 0 Å². The van der Waals surface area contributed by atoms with Gasteiger partial charge in [-0.2, -0.15) is 5.26 Å². The molecule has 16 heavy (non-hydrogen) atoms. The van der Waals surface area contributed by atoms with Gasteiger partial charge in [0.05, 0.1) is 18.2 Å². The van der Waals surface area contributed by atoms with Gasteiger partial charge in [-0.15, -0.1) is 0 Å². The maximum Gasteiger partial charge on any atom is 0.339 e. The number of methoxy groups -OCH3 is 1. The highest BCUT2D eigenvalue weighted by Crippen LogP contribution is 2.32. The molecule has 0 saturated carbocycles. The van der Waals surface area contributed by atoms with Crippen molar-refractivity contribution in [3.8, 4) is 6.07 Å². The Kier molecular flexibility index (Phi) is 3.96. The summed E-state index contributed by atoms with van der Waals surface area (Å²) < 4.78 is 30.0. The zero-order valence-electron chi connectivity index (χ0n) is 8.13. The number of nitriles is 1. The lowest BCUT2D eigenvalue weighted by Gasteiger charge is -2.10. The van der Waals surface area contributed by atoms with Gasteiger partial charge in [0.25, 0.3) is 6.43 Å². The van der Waals surface area contributed by atoms with Crippen LogP contribution >= 0.6 is 15.9 Å². The number of alkyl halides is 2. The topological polar surface area (TPSA) is 50.1 Å². The van der Waals surface area contributed by atoms with Crippen LogP contribution in [0, 0.1) is 11.3 Å². The van der Waals surface area contributed by atoms with Crippen LogP contribution in [0.1, 0.15) is 27.9 Å². The molecule has 0 saturated heterocycles. The molecule has 0 N–H and O–H groups in total. The Morgan fingerprint density at radius 2 is 2.19 bits per heavy atom. The summed E-state index contributed by atoms with van der Waals surface area (Å²) in [5.74, 6) is -0.951. The number of esters is 1. The zero-order chi connectivity index (χ0) is 12.3. The van der Waals surface area contributed by atoms with Gasteiger partial charge in [0.15, 0.2) is 0 Å². The van der Waals surface area contributed by atoms with Crippen LogP contribution in [0.15, 0.2) is 16.6 Å². The molecule has 6 heteroatoms. The van der Waals surface area contributed by atoms with Gasteiger partial charge in [0.1, 0.15) is 6.07 Å². The van der Waals surface area contributed by atoms with E-state index >= 15 is 0 Å². The summed E-state index contributed by atoms with van der Waals surface area (Å²) in [6, 6.07) is 4.26. The van der Waals surface area contributed by atoms with Crippen LogP contribution in [0.3, 0.4) is 0 Å². The summed E-state index contributed by atoms with van der Waals surface area (Å²) in [4.78, 5) is 11.3. The summed E-state index contributed by atoms with van der Waals surface area (Å²) in [7, 11) is 1.07. The maximum absolute atomic E-state index is 12.8. The second-order valence-corrected chi connectivity index (χ2v) is 3.64. The Morgan fingerprint density at radius 3 is 2.62 bits per heavy atom. The van der Waals surface area contributed by atoms with E-state index in [1.807, 2.05) is 0 Å². The summed E-state index contributed by atoms with van der Waals surface area (Å²) in [6.45, 7) is 0. The van der Waals surface area contributed by atoms with Crippen LogP contribution in [0.25, 0.3) is 0 Å². The molecular weight excluding hydrogens is 284 g/mol. The predicted octanol–water partition coefficient (Wildman–Crippen LogP) is 3.04. The van der Waals surface area contributed by atoms with Crippen molar-refractivity contribution < 1.29 is 18.3 Å². The van der Waals surface area contributed by atoms with Gasteiger partial charge in [-0.1, -0.05) is 15.9 Å². The van der Waals surface area contributed by atoms with E-state index in [4.69, 9.17) is 5.26 Å². The maximum atomic E-state index is 12.8. The molecule has 84 valence electrons. The molecule has 0 heterocycles. The lowest BCUT2D eigenvalue weighted by Crippen LogP contribution is -2.09. The number of rotatable bonds is 2. The third kappa shape index (κ3) is 2.19. The van der Waals surface area contributed by atoms with E-state index in [2.05, 4.69) is 20.7 Å². The molecule has 0 amide bonds. The average molecular weight is 290 g/mol. The Hall–Kier alpha value is -1.48. The van der Waals surface area contributed by atoms with Crippen molar-refractivity contribution in [1.82, 2.24) is 0 Å². The number of halogens is 3. The third-order valence-electron chi connectivity index (χ3n) is 1.92. The van der Waals surface area contributed by atoms with E-state index in [0.717, 1.165) is 7.11 Å². The molecule has 1 rings (SSSR count). The molecule has 1 aromatic carbocycles. The van der Waals surface area contributed by atoms with E-state index in [1.165, 1.54) is 12.1 Å². The van der Waals surface area contributed by atoms with Crippen LogP contribution in [-0.4, -0.2) is 13.1 Å². The van der Waals surface area contributed by atoms with Crippen molar-refractivity contribution >= 4 is 21.9 Å². The van der Waals surface area contributed by atoms with E-state index < -0.39 is 23.5 Å². The van der Waals surface area contributed by atoms with Crippen LogP contribution < -0.4 is 0 Å². The highest BCUT2D eigenvalue weighted by Gasteiger charge is 2.25. The van der Waals surface area contributed by atoms with E-state index in [1.54, 1.807) is 6.07 Å². The van der Waals surface area contributed by atoms with Crippen LogP contribution in [0.5, 0.6) is 0 Å². The number of ether oxygens (including phenoxy) is 1. The van der Waals surface area contributed by atoms with Gasteiger partial charge in [-0.05, 0) is 12.1 Å². The number of carbonyl (C=O) groups excluding carboxylic acids is 1. The number of carbonyl (C=O) groups is 1. The van der Waals surface area contributed by atoms with E-state index in [0.29, 0.717) is 0 Å². The van der Waals surface area contributed by atoms with Crippen LogP contribution in [0.4, 0.5) is 8.78 Å². The first-order valence-electron chi connectivity index (χ1n) is 4.11. The van der Waals surface area contributed by atoms with Crippen molar-refractivity contribution in [2.75, 3.05) is 7.11 Å². The van der Waals surface area contributed by atoms with Gasteiger partial charge in [0, 0.05) is 10.0 Å². The largest absolute Gasteiger partial charge is 0.465 e. The molecule has 0 aliphatic rings. The SMILES string of the molecule is COC(=O)c1c(C#N)ccc(Br)c1C(F)F. The first kappa shape index (κ1) is 12.6. The molecule has 0 atom stereocenters. The lowest BCUT2D eigenvalue weighted by molar-refractivity contribution is 0.0588. The summed E-state index contributed by atoms with van der Waals surface area (Å²) in [5, 5.41) is 8.74. The molecule has 3 nitrogen and oxygen atoms in total. The first-order valence-corrected chi connectivity index (χ1v) is 4.91. The second kappa shape index (κ2) is 5.03. The monoisotopic (exact) mass is 289 g/mol. The Morgan fingerprint density at radius 1 is 1.56 bits per heavy atom. The molecule has 0 radical (unpaired) electrons. The van der Waals surface area contributed by atoms with Crippen molar-refractivity contribution in [2.45, 2.75) is 6.43 Å². The molecule has 0 unspecified atom stereocenters. The second-order valence-electron chi connectivity index (χ2n) is 2.79. The third-order valence-corrected chi connectivity index (χ3v) is 2.61. The van der Waals surface area contributed by atoms with Crippen molar-refractivity contribution in [1.29, 1.82) is 5.26 Å². The molecule has 0 fully saturated rings. The number of hydrogen-bond donors (Lipinski definition) is 0. The smallest absolute Gasteiger partial charge is 0.339 e. The highest BCUT2D eigenvalue weighted by atomic mass is 79.9. The van der Waals surface area contributed by atoms with E-state index in [-0.39, 0.29) is 10.0 Å². The minimum atomic E-state index is -2.86. The fraction of sp³-hybridized carbons (Fsp3) is 0.200. The molecule has 0 spiro atoms. The fourth-order valence-corrected chi connectivity index (χ4v) is 1.73. The molecule has 0 aliphatic heterocycles. The van der Waals surface area contributed by atoms with Crippen LogP contribution in [0.2, 0.25) is 0 Å². The number of hydrogen-bond acceptors (Lipinski definition) is 3. The minimum absolute atomic E-state index is 0.0712. The lowest BCUT2D eigenvalue weighted by atomic mass is 10.0. The Bertz CT molecular complexity index is 469. The molecule has 0 aromatic heterocycles. The Labute approximate surface area is 98.8 Å².